The highest BCUT2D eigenvalue weighted by Crippen LogP contribution is 2.35. The number of methoxy groups -OCH3 is 2. The van der Waals surface area contributed by atoms with Gasteiger partial charge in [0.2, 0.25) is 11.9 Å². The summed E-state index contributed by atoms with van der Waals surface area (Å²) >= 11 is 0. The zero-order valence-corrected chi connectivity index (χ0v) is 22.2. The van der Waals surface area contributed by atoms with Gasteiger partial charge in [0.1, 0.15) is 17.3 Å². The molecule has 3 heterocycles. The zero-order chi connectivity index (χ0) is 28.4. The lowest BCUT2D eigenvalue weighted by molar-refractivity contribution is -0.111. The van der Waals surface area contributed by atoms with Crippen molar-refractivity contribution in [2.45, 2.75) is 6.54 Å². The van der Waals surface area contributed by atoms with E-state index in [-0.39, 0.29) is 18.5 Å². The molecule has 14 heteroatoms. The first-order valence-corrected chi connectivity index (χ1v) is 12.0. The molecule has 14 nitrogen and oxygen atoms in total. The molecule has 2 aromatic heterocycles. The van der Waals surface area contributed by atoms with E-state index in [1.807, 2.05) is 0 Å². The minimum Gasteiger partial charge on any atom is -0.497 e. The van der Waals surface area contributed by atoms with Crippen LogP contribution in [0, 0.1) is 0 Å². The smallest absolute Gasteiger partial charge is 0.330 e. The number of carbonyl (C=O) groups excluding carboxylic acids is 2. The van der Waals surface area contributed by atoms with Crippen LogP contribution in [0.2, 0.25) is 0 Å². The molecule has 204 valence electrons. The summed E-state index contributed by atoms with van der Waals surface area (Å²) in [5.74, 6) is 1.93. The monoisotopic (exact) mass is 542 g/mol. The first-order valence-electron chi connectivity index (χ1n) is 12.0. The molecule has 0 radical (unpaired) electrons. The Morgan fingerprint density at radius 2 is 1.82 bits per heavy atom. The van der Waals surface area contributed by atoms with Crippen LogP contribution in [-0.4, -0.2) is 63.4 Å². The summed E-state index contributed by atoms with van der Waals surface area (Å²) in [7, 11) is 6.46. The largest absolute Gasteiger partial charge is 0.497 e. The lowest BCUT2D eigenvalue weighted by atomic mass is 10.1. The minimum atomic E-state index is -0.401. The topological polar surface area (TPSA) is 153 Å². The number of hydrogen-bond donors (Lipinski definition) is 2. The third-order valence-corrected chi connectivity index (χ3v) is 6.24. The number of anilines is 5. The van der Waals surface area contributed by atoms with Gasteiger partial charge in [0.25, 0.3) is 0 Å². The second-order valence-corrected chi connectivity index (χ2v) is 8.75. The number of rotatable bonds is 8. The fraction of sp³-hybridized carbons (Fsp3) is 0.192. The van der Waals surface area contributed by atoms with Crippen LogP contribution in [-0.2, 0) is 18.4 Å². The molecule has 40 heavy (non-hydrogen) atoms. The van der Waals surface area contributed by atoms with E-state index in [2.05, 4.69) is 42.7 Å². The van der Waals surface area contributed by atoms with Crippen LogP contribution in [0.1, 0.15) is 5.56 Å². The van der Waals surface area contributed by atoms with Crippen molar-refractivity contribution in [1.82, 2.24) is 30.2 Å². The van der Waals surface area contributed by atoms with Gasteiger partial charge in [-0.2, -0.15) is 4.98 Å². The molecular formula is C26H26N10O4. The molecule has 0 saturated heterocycles. The summed E-state index contributed by atoms with van der Waals surface area (Å²) in [5.41, 5.74) is 2.99. The van der Waals surface area contributed by atoms with Crippen LogP contribution in [0.25, 0.3) is 11.4 Å². The lowest BCUT2D eigenvalue weighted by Gasteiger charge is -2.34. The van der Waals surface area contributed by atoms with E-state index >= 15 is 0 Å². The predicted molar refractivity (Wildman–Crippen MR) is 148 cm³/mol. The van der Waals surface area contributed by atoms with Crippen LogP contribution in [0.3, 0.4) is 0 Å². The van der Waals surface area contributed by atoms with Crippen LogP contribution in [0.4, 0.5) is 33.6 Å². The molecule has 1 aliphatic heterocycles. The second-order valence-electron chi connectivity index (χ2n) is 8.75. The Bertz CT molecular complexity index is 1600. The van der Waals surface area contributed by atoms with E-state index in [0.29, 0.717) is 45.8 Å². The number of urea groups is 1. The maximum Gasteiger partial charge on any atom is 0.330 e. The molecule has 0 aliphatic carbocycles. The van der Waals surface area contributed by atoms with Gasteiger partial charge in [0.15, 0.2) is 5.82 Å². The fourth-order valence-electron chi connectivity index (χ4n) is 4.19. The van der Waals surface area contributed by atoms with Gasteiger partial charge in [-0.25, -0.2) is 14.5 Å². The summed E-state index contributed by atoms with van der Waals surface area (Å²) < 4.78 is 12.2. The number of amides is 3. The summed E-state index contributed by atoms with van der Waals surface area (Å²) in [4.78, 5) is 37.6. The lowest BCUT2D eigenvalue weighted by Crippen LogP contribution is -2.46. The van der Waals surface area contributed by atoms with Crippen molar-refractivity contribution in [3.05, 3.63) is 60.8 Å². The Balaban J connectivity index is 1.45. The third-order valence-electron chi connectivity index (χ3n) is 6.24. The first kappa shape index (κ1) is 26.1. The highest BCUT2D eigenvalue weighted by atomic mass is 16.5. The van der Waals surface area contributed by atoms with E-state index < -0.39 is 5.91 Å². The molecule has 2 N–H and O–H groups in total. The molecule has 0 fully saturated rings. The molecule has 0 saturated carbocycles. The van der Waals surface area contributed by atoms with E-state index in [9.17, 15) is 9.59 Å². The normalized spacial score (nSPS) is 12.6. The quantitative estimate of drug-likeness (QED) is 0.318. The average molecular weight is 543 g/mol. The van der Waals surface area contributed by atoms with E-state index in [0.717, 1.165) is 5.56 Å². The molecule has 0 spiro atoms. The molecule has 5 rings (SSSR count). The Hall–Kier alpha value is -5.53. The molecule has 0 bridgehead atoms. The molecule has 2 aromatic carbocycles. The predicted octanol–water partition coefficient (Wildman–Crippen LogP) is 3.13. The van der Waals surface area contributed by atoms with Crippen molar-refractivity contribution in [1.29, 1.82) is 0 Å². The maximum atomic E-state index is 13.4. The van der Waals surface area contributed by atoms with Crippen molar-refractivity contribution >= 4 is 40.8 Å². The van der Waals surface area contributed by atoms with Gasteiger partial charge in [-0.15, -0.1) is 5.10 Å². The number of fused-ring (bicyclic) bond motifs is 1. The number of benzene rings is 2. The average Bonchev–Trinajstić information content (AvgIpc) is 3.41. The highest BCUT2D eigenvalue weighted by Gasteiger charge is 2.31. The molecular weight excluding hydrogens is 516 g/mol. The van der Waals surface area contributed by atoms with E-state index in [1.165, 1.54) is 15.7 Å². The first-order chi connectivity index (χ1) is 19.3. The minimum absolute atomic E-state index is 0.233. The number of tetrazole rings is 1. The Morgan fingerprint density at radius 3 is 2.48 bits per heavy atom. The second kappa shape index (κ2) is 10.7. The molecule has 0 unspecified atom stereocenters. The van der Waals surface area contributed by atoms with Crippen LogP contribution >= 0.6 is 0 Å². The maximum absolute atomic E-state index is 13.4. The van der Waals surface area contributed by atoms with E-state index in [4.69, 9.17) is 9.47 Å². The van der Waals surface area contributed by atoms with Crippen molar-refractivity contribution in [2.24, 2.45) is 7.05 Å². The van der Waals surface area contributed by atoms with Crippen molar-refractivity contribution < 1.29 is 19.1 Å². The number of ether oxygens (including phenoxy) is 2. The molecule has 4 aromatic rings. The highest BCUT2D eigenvalue weighted by molar-refractivity contribution is 6.05. The molecule has 3 amide bonds. The number of hydrogen-bond acceptors (Lipinski definition) is 10. The van der Waals surface area contributed by atoms with Gasteiger partial charge in [-0.3, -0.25) is 14.6 Å². The van der Waals surface area contributed by atoms with Gasteiger partial charge in [-0.1, -0.05) is 6.58 Å². The summed E-state index contributed by atoms with van der Waals surface area (Å²) in [6, 6.07) is 10.2. The SMILES string of the molecule is C=CC(=O)Nc1cc(-c2nnnn2C)ccc1Nc1ncc2c(n1)N(C)C(=O)N(c1cc(OC)cc(OC)c1)C2. The number of aryl methyl sites for hydroxylation is 1. The Morgan fingerprint density at radius 1 is 1.07 bits per heavy atom. The summed E-state index contributed by atoms with van der Waals surface area (Å²) in [5, 5.41) is 17.5. The number of nitrogens with one attached hydrogen (secondary N) is 2. The third kappa shape index (κ3) is 4.97. The van der Waals surface area contributed by atoms with Crippen LogP contribution < -0.4 is 29.9 Å². The van der Waals surface area contributed by atoms with Gasteiger partial charge >= 0.3 is 6.03 Å². The van der Waals surface area contributed by atoms with Gasteiger partial charge in [-0.05, 0) is 34.7 Å². The number of aromatic nitrogens is 6. The van der Waals surface area contributed by atoms with E-state index in [1.54, 1.807) is 75.8 Å². The summed E-state index contributed by atoms with van der Waals surface area (Å²) in [6.07, 6.45) is 2.82. The Labute approximate surface area is 229 Å². The van der Waals surface area contributed by atoms with Crippen molar-refractivity contribution in [2.75, 3.05) is 41.7 Å². The van der Waals surface area contributed by atoms with Crippen molar-refractivity contribution in [3.63, 3.8) is 0 Å². The van der Waals surface area contributed by atoms with Crippen molar-refractivity contribution in [3.8, 4) is 22.9 Å². The van der Waals surface area contributed by atoms with Crippen LogP contribution in [0.5, 0.6) is 11.5 Å². The fourth-order valence-corrected chi connectivity index (χ4v) is 4.19. The molecule has 0 atom stereocenters. The van der Waals surface area contributed by atoms with Crippen LogP contribution in [0.15, 0.2) is 55.3 Å². The van der Waals surface area contributed by atoms with Gasteiger partial charge in [0.05, 0.1) is 37.8 Å². The zero-order valence-electron chi connectivity index (χ0n) is 22.2. The summed E-state index contributed by atoms with van der Waals surface area (Å²) in [6.45, 7) is 3.76. The Kier molecular flexibility index (Phi) is 6.97. The van der Waals surface area contributed by atoms with Gasteiger partial charge < -0.3 is 20.1 Å². The standard InChI is InChI=1S/C26H26N10O4/c1-6-22(37)28-21-9-15(24-31-32-33-35(24)3)7-8-20(21)29-25-27-13-16-14-36(26(38)34(2)23(16)30-25)17-10-18(39-4)12-19(11-17)40-5/h6-13H,1,14H2,2-5H3,(H,28,37)(H,27,29,30). The van der Waals surface area contributed by atoms with Gasteiger partial charge in [0, 0.05) is 49.6 Å². The number of carbonyl (C=O) groups is 2. The number of nitrogens with zero attached hydrogens (tertiary/aromatic N) is 8. The molecule has 1 aliphatic rings.